The number of hydrogen-bond donors (Lipinski definition) is 1. The summed E-state index contributed by atoms with van der Waals surface area (Å²) in [6.45, 7) is 0.701. The van der Waals surface area contributed by atoms with E-state index in [-0.39, 0.29) is 4.90 Å². The van der Waals surface area contributed by atoms with Crippen LogP contribution in [0.1, 0.15) is 12.8 Å². The summed E-state index contributed by atoms with van der Waals surface area (Å²) in [7, 11) is -3.47. The van der Waals surface area contributed by atoms with Gasteiger partial charge in [-0.25, -0.2) is 8.42 Å². The molecule has 0 unspecified atom stereocenters. The third-order valence-corrected chi connectivity index (χ3v) is 5.81. The minimum Gasteiger partial charge on any atom is -0.411 e. The van der Waals surface area contributed by atoms with Crippen molar-refractivity contribution in [3.05, 3.63) is 28.7 Å². The maximum atomic E-state index is 12.4. The Bertz CT molecular complexity index is 561. The summed E-state index contributed by atoms with van der Waals surface area (Å²) in [6.07, 6.45) is 0.945. The zero-order chi connectivity index (χ0) is 13.2. The van der Waals surface area contributed by atoms with Crippen LogP contribution < -0.4 is 0 Å². The molecular weight excluding hydrogens is 320 g/mol. The lowest BCUT2D eigenvalue weighted by atomic mass is 10.1. The molecule has 0 amide bonds. The van der Waals surface area contributed by atoms with Crippen molar-refractivity contribution in [3.63, 3.8) is 0 Å². The molecule has 98 valence electrons. The predicted octanol–water partition coefficient (Wildman–Crippen LogP) is 2.06. The molecule has 2 rings (SSSR count). The van der Waals surface area contributed by atoms with Gasteiger partial charge in [-0.05, 0) is 28.1 Å². The molecule has 0 radical (unpaired) electrons. The number of sulfonamides is 1. The maximum Gasteiger partial charge on any atom is 0.244 e. The third-order valence-electron chi connectivity index (χ3n) is 2.90. The van der Waals surface area contributed by atoms with Gasteiger partial charge < -0.3 is 5.21 Å². The Morgan fingerprint density at radius 2 is 1.83 bits per heavy atom. The molecule has 1 N–H and O–H groups in total. The molecule has 1 aromatic carbocycles. The van der Waals surface area contributed by atoms with Crippen molar-refractivity contribution < 1.29 is 13.6 Å². The van der Waals surface area contributed by atoms with Crippen LogP contribution in [0.25, 0.3) is 0 Å². The van der Waals surface area contributed by atoms with Crippen LogP contribution in [0, 0.1) is 0 Å². The summed E-state index contributed by atoms with van der Waals surface area (Å²) in [6, 6.07) is 6.75. The Labute approximate surface area is 114 Å². The summed E-state index contributed by atoms with van der Waals surface area (Å²) < 4.78 is 26.8. The summed E-state index contributed by atoms with van der Waals surface area (Å²) >= 11 is 3.25. The summed E-state index contributed by atoms with van der Waals surface area (Å²) in [5.74, 6) is 0. The molecular formula is C11H13BrN2O3S. The topological polar surface area (TPSA) is 70.0 Å². The SMILES string of the molecule is O=S(=O)(c1ccccc1Br)N1CCC(=NO)CC1. The van der Waals surface area contributed by atoms with E-state index >= 15 is 0 Å². The van der Waals surface area contributed by atoms with E-state index in [0.717, 1.165) is 0 Å². The first-order valence-corrected chi connectivity index (χ1v) is 7.73. The molecule has 0 atom stereocenters. The largest absolute Gasteiger partial charge is 0.411 e. The van der Waals surface area contributed by atoms with E-state index in [0.29, 0.717) is 36.1 Å². The van der Waals surface area contributed by atoms with Crippen LogP contribution in [0.5, 0.6) is 0 Å². The second-order valence-corrected chi connectivity index (χ2v) is 6.76. The number of piperidine rings is 1. The van der Waals surface area contributed by atoms with E-state index in [1.807, 2.05) is 0 Å². The number of hydrogen-bond acceptors (Lipinski definition) is 4. The summed E-state index contributed by atoms with van der Waals surface area (Å²) in [4.78, 5) is 0.273. The van der Waals surface area contributed by atoms with Gasteiger partial charge in [0.1, 0.15) is 0 Å². The smallest absolute Gasteiger partial charge is 0.244 e. The highest BCUT2D eigenvalue weighted by atomic mass is 79.9. The van der Waals surface area contributed by atoms with Gasteiger partial charge in [-0.15, -0.1) is 0 Å². The number of nitrogens with zero attached hydrogens (tertiary/aromatic N) is 2. The zero-order valence-corrected chi connectivity index (χ0v) is 12.0. The number of benzene rings is 1. The molecule has 1 heterocycles. The average molecular weight is 333 g/mol. The summed E-state index contributed by atoms with van der Waals surface area (Å²) in [5, 5.41) is 11.8. The number of oxime groups is 1. The zero-order valence-electron chi connectivity index (χ0n) is 9.58. The van der Waals surface area contributed by atoms with Gasteiger partial charge in [-0.2, -0.15) is 4.31 Å². The van der Waals surface area contributed by atoms with Crippen LogP contribution in [0.2, 0.25) is 0 Å². The van der Waals surface area contributed by atoms with Crippen molar-refractivity contribution in [2.24, 2.45) is 5.16 Å². The maximum absolute atomic E-state index is 12.4. The fourth-order valence-corrected chi connectivity index (χ4v) is 4.28. The molecule has 18 heavy (non-hydrogen) atoms. The Kier molecular flexibility index (Phi) is 4.04. The Morgan fingerprint density at radius 1 is 1.22 bits per heavy atom. The van der Waals surface area contributed by atoms with Gasteiger partial charge in [0.15, 0.2) is 0 Å². The second-order valence-electron chi connectivity index (χ2n) is 4.00. The quantitative estimate of drug-likeness (QED) is 0.665. The standard InChI is InChI=1S/C11H13BrN2O3S/c12-10-3-1-2-4-11(10)18(16,17)14-7-5-9(13-15)6-8-14/h1-4,15H,5-8H2. The Balaban J connectivity index is 2.26. The molecule has 1 saturated heterocycles. The number of halogens is 1. The van der Waals surface area contributed by atoms with E-state index < -0.39 is 10.0 Å². The van der Waals surface area contributed by atoms with Gasteiger partial charge in [0, 0.05) is 30.4 Å². The molecule has 1 aliphatic rings. The molecule has 1 aromatic rings. The van der Waals surface area contributed by atoms with Crippen LogP contribution in [0.4, 0.5) is 0 Å². The van der Waals surface area contributed by atoms with Gasteiger partial charge in [-0.3, -0.25) is 0 Å². The van der Waals surface area contributed by atoms with E-state index in [1.165, 1.54) is 4.31 Å². The molecule has 0 saturated carbocycles. The fourth-order valence-electron chi connectivity index (χ4n) is 1.88. The van der Waals surface area contributed by atoms with Gasteiger partial charge in [0.2, 0.25) is 10.0 Å². The third kappa shape index (κ3) is 2.57. The average Bonchev–Trinajstić information content (AvgIpc) is 2.39. The molecule has 1 aliphatic heterocycles. The fraction of sp³-hybridized carbons (Fsp3) is 0.364. The monoisotopic (exact) mass is 332 g/mol. The van der Waals surface area contributed by atoms with E-state index in [1.54, 1.807) is 24.3 Å². The first-order valence-electron chi connectivity index (χ1n) is 5.50. The molecule has 0 bridgehead atoms. The van der Waals surface area contributed by atoms with Gasteiger partial charge in [0.05, 0.1) is 10.6 Å². The highest BCUT2D eigenvalue weighted by Gasteiger charge is 2.29. The predicted molar refractivity (Wildman–Crippen MR) is 71.4 cm³/mol. The van der Waals surface area contributed by atoms with E-state index in [2.05, 4.69) is 21.1 Å². The molecule has 0 aromatic heterocycles. The van der Waals surface area contributed by atoms with Crippen molar-refractivity contribution >= 4 is 31.7 Å². The molecule has 7 heteroatoms. The lowest BCUT2D eigenvalue weighted by Crippen LogP contribution is -2.38. The minimum absolute atomic E-state index is 0.273. The number of rotatable bonds is 2. The normalized spacial score (nSPS) is 17.7. The van der Waals surface area contributed by atoms with Crippen LogP contribution in [-0.2, 0) is 10.0 Å². The van der Waals surface area contributed by atoms with Crippen molar-refractivity contribution in [2.45, 2.75) is 17.7 Å². The van der Waals surface area contributed by atoms with Crippen LogP contribution in [0.3, 0.4) is 0 Å². The van der Waals surface area contributed by atoms with Crippen molar-refractivity contribution in [1.29, 1.82) is 0 Å². The van der Waals surface area contributed by atoms with E-state index in [9.17, 15) is 8.42 Å². The van der Waals surface area contributed by atoms with Crippen LogP contribution in [-0.4, -0.2) is 36.7 Å². The first kappa shape index (κ1) is 13.5. The molecule has 0 aliphatic carbocycles. The Morgan fingerprint density at radius 3 is 2.39 bits per heavy atom. The molecule has 1 fully saturated rings. The van der Waals surface area contributed by atoms with Gasteiger partial charge in [0.25, 0.3) is 0 Å². The van der Waals surface area contributed by atoms with E-state index in [4.69, 9.17) is 5.21 Å². The second kappa shape index (κ2) is 5.38. The first-order chi connectivity index (χ1) is 8.55. The van der Waals surface area contributed by atoms with Crippen molar-refractivity contribution in [3.8, 4) is 0 Å². The minimum atomic E-state index is -3.47. The van der Waals surface area contributed by atoms with Gasteiger partial charge in [-0.1, -0.05) is 17.3 Å². The van der Waals surface area contributed by atoms with Gasteiger partial charge >= 0.3 is 0 Å². The lowest BCUT2D eigenvalue weighted by molar-refractivity contribution is 0.309. The molecule has 0 spiro atoms. The van der Waals surface area contributed by atoms with Crippen molar-refractivity contribution in [2.75, 3.05) is 13.1 Å². The highest BCUT2D eigenvalue weighted by Crippen LogP contribution is 2.26. The highest BCUT2D eigenvalue weighted by molar-refractivity contribution is 9.10. The lowest BCUT2D eigenvalue weighted by Gasteiger charge is -2.26. The molecule has 5 nitrogen and oxygen atoms in total. The summed E-state index contributed by atoms with van der Waals surface area (Å²) in [5.41, 5.74) is 0.647. The van der Waals surface area contributed by atoms with Crippen molar-refractivity contribution in [1.82, 2.24) is 4.31 Å². The van der Waals surface area contributed by atoms with Crippen LogP contribution in [0.15, 0.2) is 38.8 Å². The Hall–Kier alpha value is -0.920. The van der Waals surface area contributed by atoms with Crippen LogP contribution >= 0.6 is 15.9 Å².